The second-order valence-corrected chi connectivity index (χ2v) is 39.4. The lowest BCUT2D eigenvalue weighted by Crippen LogP contribution is -2.53. The van der Waals surface area contributed by atoms with Crippen LogP contribution in [0.5, 0.6) is 0 Å². The highest BCUT2D eigenvalue weighted by atomic mass is 32.1. The topological polar surface area (TPSA) is 348 Å². The third kappa shape index (κ3) is 20.6. The Balaban J connectivity index is 0.000000205. The average Bonchev–Trinajstić information content (AvgIpc) is 1.58. The number of aromatic nitrogens is 6. The minimum absolute atomic E-state index is 0.00742. The summed E-state index contributed by atoms with van der Waals surface area (Å²) in [5.41, 5.74) is 16.4. The van der Waals surface area contributed by atoms with Crippen molar-refractivity contribution in [3.8, 4) is 54.7 Å². The lowest BCUT2D eigenvalue weighted by atomic mass is 9.83. The SMILES string of the molecule is COC(=O)N[C@H](C(=O)N1CCC[C@H]1C1=NC(c2ccc3c(c2)C(c2ccc(C(C)(C)C)cc2)c2cc(-c4cnc([C@@H]5CCCN5C(=O)[C@@H](NC(=O)OC)C(C)C)[nH]4)ccc2-3)=CC1)C(C)C.COC(=O)N[C@H](C(=O)N1CCC[C@H]1c1ncc(-c2ccc(-c3ccc(-c4cnc([C@@H]5CCCN5C(=O)[C@@H](NC(=O)OC)C(C)C)[nH]4)s3)c(CNc3cc(F)c(N4CCCCC4)c(F)c3)c2)[nH]1)C(C)C. The van der Waals surface area contributed by atoms with Gasteiger partial charge in [-0.05, 0) is 198 Å². The predicted octanol–water partition coefficient (Wildman–Crippen LogP) is 18.3. The van der Waals surface area contributed by atoms with Gasteiger partial charge in [0.2, 0.25) is 23.6 Å². The molecule has 32 heteroatoms. The number of aliphatic imine (C=N–C) groups is 1. The van der Waals surface area contributed by atoms with Gasteiger partial charge in [0.05, 0.1) is 98.9 Å². The number of hydrogen-bond donors (Lipinski definition) is 8. The van der Waals surface area contributed by atoms with E-state index in [0.717, 1.165) is 136 Å². The van der Waals surface area contributed by atoms with E-state index in [-0.39, 0.29) is 95.0 Å². The monoisotopic (exact) mass is 1850 g/mol. The first-order valence-corrected chi connectivity index (χ1v) is 47.8. The number of amides is 8. The van der Waals surface area contributed by atoms with Gasteiger partial charge in [0.1, 0.15) is 47.3 Å². The molecule has 0 spiro atoms. The number of halogens is 2. The van der Waals surface area contributed by atoms with Gasteiger partial charge < -0.3 is 85.0 Å². The zero-order valence-corrected chi connectivity index (χ0v) is 80.0. The summed E-state index contributed by atoms with van der Waals surface area (Å²) in [6, 6.07) is 31.2. The first-order valence-electron chi connectivity index (χ1n) is 46.9. The van der Waals surface area contributed by atoms with Crippen LogP contribution < -0.4 is 31.5 Å². The van der Waals surface area contributed by atoms with Crippen LogP contribution in [-0.2, 0) is 50.1 Å². The molecule has 710 valence electrons. The van der Waals surface area contributed by atoms with E-state index in [4.69, 9.17) is 38.9 Å². The smallest absolute Gasteiger partial charge is 0.407 e. The number of carbonyl (C=O) groups is 8. The van der Waals surface area contributed by atoms with Crippen molar-refractivity contribution in [2.45, 2.75) is 219 Å². The molecule has 0 radical (unpaired) electrons. The number of H-pyrrole nitrogens is 3. The van der Waals surface area contributed by atoms with Crippen molar-refractivity contribution in [2.24, 2.45) is 28.7 Å². The Morgan fingerprint density at radius 1 is 0.455 bits per heavy atom. The van der Waals surface area contributed by atoms with E-state index in [1.54, 1.807) is 38.4 Å². The maximum atomic E-state index is 15.6. The van der Waals surface area contributed by atoms with Gasteiger partial charge in [-0.2, -0.15) is 0 Å². The Labute approximate surface area is 785 Å². The van der Waals surface area contributed by atoms with Crippen molar-refractivity contribution in [3.63, 3.8) is 0 Å². The molecule has 8 N–H and O–H groups in total. The van der Waals surface area contributed by atoms with Crippen molar-refractivity contribution in [3.05, 3.63) is 190 Å². The van der Waals surface area contributed by atoms with Gasteiger partial charge in [-0.3, -0.25) is 24.2 Å². The summed E-state index contributed by atoms with van der Waals surface area (Å²) in [5, 5.41) is 14.2. The third-order valence-electron chi connectivity index (χ3n) is 27.1. The Morgan fingerprint density at radius 2 is 0.851 bits per heavy atom. The molecule has 10 heterocycles. The summed E-state index contributed by atoms with van der Waals surface area (Å²) in [6.45, 7) is 25.6. The molecule has 8 amide bonds. The van der Waals surface area contributed by atoms with E-state index >= 15 is 8.78 Å². The largest absolute Gasteiger partial charge is 0.453 e. The summed E-state index contributed by atoms with van der Waals surface area (Å²) < 4.78 is 50.5. The highest BCUT2D eigenvalue weighted by molar-refractivity contribution is 7.18. The highest BCUT2D eigenvalue weighted by Crippen LogP contribution is 2.51. The van der Waals surface area contributed by atoms with Crippen LogP contribution in [0.1, 0.15) is 228 Å². The van der Waals surface area contributed by atoms with Crippen molar-refractivity contribution < 1.29 is 66.1 Å². The van der Waals surface area contributed by atoms with Gasteiger partial charge in [0.25, 0.3) is 0 Å². The first kappa shape index (κ1) is 95.9. The lowest BCUT2D eigenvalue weighted by molar-refractivity contribution is -0.136. The van der Waals surface area contributed by atoms with Gasteiger partial charge in [-0.15, -0.1) is 11.3 Å². The number of alkyl carbamates (subject to hydrolysis) is 4. The molecule has 0 bridgehead atoms. The molecule has 1 aliphatic carbocycles. The van der Waals surface area contributed by atoms with Crippen LogP contribution >= 0.6 is 11.3 Å². The number of thiophene rings is 1. The van der Waals surface area contributed by atoms with E-state index in [1.165, 1.54) is 74.0 Å². The van der Waals surface area contributed by atoms with Crippen LogP contribution in [0.3, 0.4) is 0 Å². The highest BCUT2D eigenvalue weighted by Gasteiger charge is 2.44. The summed E-state index contributed by atoms with van der Waals surface area (Å²) in [7, 11) is 5.15. The van der Waals surface area contributed by atoms with E-state index in [0.29, 0.717) is 69.4 Å². The van der Waals surface area contributed by atoms with Gasteiger partial charge >= 0.3 is 24.4 Å². The van der Waals surface area contributed by atoms with Crippen LogP contribution in [0.4, 0.5) is 39.3 Å². The Morgan fingerprint density at radius 3 is 1.29 bits per heavy atom. The summed E-state index contributed by atoms with van der Waals surface area (Å²) in [6.07, 6.45) is 14.7. The number of anilines is 2. The molecule has 1 unspecified atom stereocenters. The van der Waals surface area contributed by atoms with Gasteiger partial charge in [-0.25, -0.2) is 42.9 Å². The fourth-order valence-corrected chi connectivity index (χ4v) is 20.8. The van der Waals surface area contributed by atoms with Crippen molar-refractivity contribution in [1.29, 1.82) is 0 Å². The number of imidazole rings is 3. The van der Waals surface area contributed by atoms with E-state index in [2.05, 4.69) is 129 Å². The molecule has 9 atom stereocenters. The summed E-state index contributed by atoms with van der Waals surface area (Å²) in [4.78, 5) is 145. The van der Waals surface area contributed by atoms with Crippen molar-refractivity contribution in [2.75, 3.05) is 77.9 Å². The number of likely N-dealkylation sites (tertiary alicyclic amines) is 4. The fourth-order valence-electron chi connectivity index (χ4n) is 19.8. The van der Waals surface area contributed by atoms with Crippen LogP contribution in [-0.4, -0.2) is 201 Å². The standard InChI is InChI=1S/C52H63N7O6.C50H62F2N10O6S/c1-29(2)45(56-50(62)64-8)48(60)58-24-10-12-42(58)40-23-22-39(54-40)32-16-20-35-36-21-17-33(27-38(36)44(37(35)26-32)31-14-18-34(19-15-31)52(5,6)7)41-28-53-47(55-41)43-13-11-25-59(43)49(61)46(30(3)4)57-51(63)65-9;1-28(2)42(58-49(65)67-5)47(63)61-20-10-12-38(61)45-54-26-36(56-45)30-14-15-33(31(22-30)25-53-32-23-34(51)44(35(52)24-32)60-18-8-7-9-19-60)40-16-17-41(69-40)37-27-55-46(57-37)39-13-11-21-62(39)48(64)43(29(3)4)59-50(66)68-6/h14-22,26-30,42-46H,10-13,23-25H2,1-9H3,(H,53,55)(H,56,62)(H,57,63);14-17,22-24,26-29,38-39,42-43,53H,7-13,18-21,25H2,1-6H3,(H,54,56)(H,55,57)(H,58,65)(H,59,66)/t42-,43-,44?,45-,46-;38-,39-,42-,43-/m00/s1. The average molecular weight is 1850 g/mol. The number of carbonyl (C=O) groups excluding carboxylic acids is 8. The quantitative estimate of drug-likeness (QED) is 0.0233. The maximum absolute atomic E-state index is 15.6. The first-order chi connectivity index (χ1) is 64.3. The second kappa shape index (κ2) is 41.4. The minimum Gasteiger partial charge on any atom is -0.453 e. The number of nitrogens with zero attached hydrogens (tertiary/aromatic N) is 9. The lowest BCUT2D eigenvalue weighted by Gasteiger charge is -2.30. The molecule has 7 aliphatic rings. The van der Waals surface area contributed by atoms with E-state index in [9.17, 15) is 38.4 Å². The van der Waals surface area contributed by atoms with Gasteiger partial charge in [0.15, 0.2) is 11.6 Å². The molecule has 5 saturated heterocycles. The number of nitrogens with one attached hydrogen (secondary N) is 8. The summed E-state index contributed by atoms with van der Waals surface area (Å²) >= 11 is 1.56. The number of rotatable bonds is 26. The summed E-state index contributed by atoms with van der Waals surface area (Å²) in [5.74, 6) is -0.441. The molecule has 134 heavy (non-hydrogen) atoms. The zero-order chi connectivity index (χ0) is 95.2. The fraction of sp³-hybridized carbons (Fsp3) is 0.471. The normalized spacial score (nSPS) is 19.1. The number of piperidine rings is 1. The second-order valence-electron chi connectivity index (χ2n) is 38.3. The predicted molar refractivity (Wildman–Crippen MR) is 513 cm³/mol. The Hall–Kier alpha value is -12.7. The zero-order valence-electron chi connectivity index (χ0n) is 79.2. The molecular weight excluding hydrogens is 1730 g/mol. The number of ether oxygens (including phenoxy) is 4. The molecule has 0 saturated carbocycles. The van der Waals surface area contributed by atoms with Crippen LogP contribution in [0, 0.1) is 35.3 Å². The van der Waals surface area contributed by atoms with Crippen LogP contribution in [0.15, 0.2) is 133 Å². The van der Waals surface area contributed by atoms with E-state index in [1.807, 2.05) is 102 Å². The number of benzene rings is 5. The number of allylic oxidation sites excluding steroid dienone is 1. The molecule has 4 aromatic heterocycles. The van der Waals surface area contributed by atoms with E-state index < -0.39 is 60.2 Å². The number of aromatic amines is 3. The Bertz CT molecular complexity index is 5860. The third-order valence-corrected chi connectivity index (χ3v) is 28.2. The molecule has 6 aliphatic heterocycles. The number of fused-ring (bicyclic) bond motifs is 3. The number of hydrogen-bond acceptors (Lipinski definition) is 19. The number of methoxy groups -OCH3 is 4. The van der Waals surface area contributed by atoms with Crippen LogP contribution in [0.25, 0.3) is 60.4 Å². The molecule has 29 nitrogen and oxygen atoms in total. The molecule has 16 rings (SSSR count). The van der Waals surface area contributed by atoms with Crippen molar-refractivity contribution >= 4 is 82.1 Å². The molecule has 5 aromatic carbocycles. The minimum atomic E-state index is -0.764. The van der Waals surface area contributed by atoms with Crippen LogP contribution in [0.2, 0.25) is 0 Å². The molecule has 5 fully saturated rings. The maximum Gasteiger partial charge on any atom is 0.407 e. The Kier molecular flexibility index (Phi) is 29.6. The van der Waals surface area contributed by atoms with Crippen molar-refractivity contribution in [1.82, 2.24) is 70.8 Å². The van der Waals surface area contributed by atoms with Gasteiger partial charge in [0, 0.05) is 80.0 Å². The molecule has 9 aromatic rings. The van der Waals surface area contributed by atoms with Gasteiger partial charge in [-0.1, -0.05) is 143 Å². The molecular formula is C102H125F2N17O12S.